The number of aryl methyl sites for hydroxylation is 2. The van der Waals surface area contributed by atoms with Gasteiger partial charge < -0.3 is 9.84 Å². The van der Waals surface area contributed by atoms with E-state index in [1.165, 1.54) is 23.4 Å². The summed E-state index contributed by atoms with van der Waals surface area (Å²) in [4.78, 5) is 2.32. The lowest BCUT2D eigenvalue weighted by atomic mass is 10.0. The number of likely N-dealkylation sites (tertiary alicyclic amines) is 1. The summed E-state index contributed by atoms with van der Waals surface area (Å²) in [5, 5.41) is 14.9. The fourth-order valence-electron chi connectivity index (χ4n) is 3.69. The molecular weight excluding hydrogens is 321 g/mol. The number of benzene rings is 1. The quantitative estimate of drug-likeness (QED) is 0.873. The smallest absolute Gasteiger partial charge is 0.123 e. The van der Waals surface area contributed by atoms with E-state index in [1.54, 1.807) is 12.1 Å². The summed E-state index contributed by atoms with van der Waals surface area (Å²) in [6.45, 7) is 5.86. The molecule has 0 aliphatic carbocycles. The summed E-state index contributed by atoms with van der Waals surface area (Å²) in [6.07, 6.45) is 1.60. The molecule has 1 aromatic carbocycles. The number of β-amino-alcohol motifs (C(OH)–C–C–N with tert-alkyl or cyclic N) is 1. The highest BCUT2D eigenvalue weighted by Crippen LogP contribution is 2.35. The highest BCUT2D eigenvalue weighted by atomic mass is 19.1. The minimum atomic E-state index is -0.595. The van der Waals surface area contributed by atoms with E-state index < -0.39 is 6.10 Å². The predicted octanol–water partition coefficient (Wildman–Crippen LogP) is 2.75. The van der Waals surface area contributed by atoms with Gasteiger partial charge in [-0.25, -0.2) is 4.39 Å². The van der Waals surface area contributed by atoms with Gasteiger partial charge in [-0.1, -0.05) is 0 Å². The van der Waals surface area contributed by atoms with Crippen LogP contribution in [0.15, 0.2) is 24.3 Å². The maximum Gasteiger partial charge on any atom is 0.123 e. The molecule has 0 radical (unpaired) electrons. The van der Waals surface area contributed by atoms with E-state index in [1.807, 2.05) is 18.7 Å². The highest BCUT2D eigenvalue weighted by molar-refractivity contribution is 5.29. The summed E-state index contributed by atoms with van der Waals surface area (Å²) in [7, 11) is 1.97. The fourth-order valence-corrected chi connectivity index (χ4v) is 3.69. The molecule has 25 heavy (non-hydrogen) atoms. The van der Waals surface area contributed by atoms with Crippen LogP contribution < -0.4 is 4.74 Å². The Balaban J connectivity index is 1.60. The van der Waals surface area contributed by atoms with E-state index in [9.17, 15) is 9.50 Å². The van der Waals surface area contributed by atoms with Crippen LogP contribution >= 0.6 is 0 Å². The number of hydrogen-bond donors (Lipinski definition) is 1. The van der Waals surface area contributed by atoms with E-state index in [4.69, 9.17) is 4.74 Å². The van der Waals surface area contributed by atoms with Gasteiger partial charge in [-0.3, -0.25) is 9.58 Å². The monoisotopic (exact) mass is 347 g/mol. The van der Waals surface area contributed by atoms with Gasteiger partial charge in [-0.05, 0) is 57.5 Å². The lowest BCUT2D eigenvalue weighted by Crippen LogP contribution is -2.35. The van der Waals surface area contributed by atoms with E-state index in [0.29, 0.717) is 18.3 Å². The zero-order chi connectivity index (χ0) is 18.0. The first-order valence-corrected chi connectivity index (χ1v) is 8.76. The summed E-state index contributed by atoms with van der Waals surface area (Å²) in [6, 6.07) is 6.15. The Morgan fingerprint density at radius 1 is 1.32 bits per heavy atom. The second-order valence-electron chi connectivity index (χ2n) is 6.78. The van der Waals surface area contributed by atoms with Crippen molar-refractivity contribution < 1.29 is 14.2 Å². The largest absolute Gasteiger partial charge is 0.491 e. The van der Waals surface area contributed by atoms with Crippen molar-refractivity contribution >= 4 is 0 Å². The molecule has 2 aromatic rings. The normalized spacial score (nSPS) is 19.3. The van der Waals surface area contributed by atoms with Gasteiger partial charge in [0.2, 0.25) is 0 Å². The molecule has 1 fully saturated rings. The van der Waals surface area contributed by atoms with Crippen molar-refractivity contribution in [1.29, 1.82) is 0 Å². The minimum Gasteiger partial charge on any atom is -0.491 e. The van der Waals surface area contributed by atoms with Crippen molar-refractivity contribution in [2.24, 2.45) is 7.05 Å². The van der Waals surface area contributed by atoms with Crippen molar-refractivity contribution in [3.63, 3.8) is 0 Å². The van der Waals surface area contributed by atoms with Gasteiger partial charge in [-0.2, -0.15) is 5.10 Å². The van der Waals surface area contributed by atoms with Gasteiger partial charge in [0.05, 0.1) is 5.69 Å². The summed E-state index contributed by atoms with van der Waals surface area (Å²) >= 11 is 0. The Hall–Kier alpha value is -1.92. The average Bonchev–Trinajstić information content (AvgIpc) is 3.11. The Kier molecular flexibility index (Phi) is 5.39. The van der Waals surface area contributed by atoms with Crippen LogP contribution in [0, 0.1) is 19.7 Å². The zero-order valence-electron chi connectivity index (χ0n) is 15.1. The number of halogens is 1. The van der Waals surface area contributed by atoms with E-state index in [0.717, 1.165) is 25.1 Å². The van der Waals surface area contributed by atoms with E-state index >= 15 is 0 Å². The Labute approximate surface area is 148 Å². The number of aliphatic hydroxyl groups excluding tert-OH is 1. The van der Waals surface area contributed by atoms with Crippen molar-refractivity contribution in [2.45, 2.75) is 38.8 Å². The van der Waals surface area contributed by atoms with E-state index in [2.05, 4.69) is 16.9 Å². The van der Waals surface area contributed by atoms with Crippen LogP contribution in [0.4, 0.5) is 4.39 Å². The third-order valence-corrected chi connectivity index (χ3v) is 4.96. The lowest BCUT2D eigenvalue weighted by Gasteiger charge is -2.27. The van der Waals surface area contributed by atoms with Crippen LogP contribution in [-0.4, -0.2) is 45.6 Å². The molecule has 1 aromatic heterocycles. The molecule has 1 aliphatic heterocycles. The Morgan fingerprint density at radius 2 is 2.04 bits per heavy atom. The minimum absolute atomic E-state index is 0.194. The Morgan fingerprint density at radius 3 is 2.68 bits per heavy atom. The first kappa shape index (κ1) is 17.9. The standard InChI is InChI=1S/C19H26FN3O2/c1-13-19(14(2)22(3)21-13)18-5-4-10-23(18)11-16(24)12-25-17-8-6-15(20)7-9-17/h6-9,16,18,24H,4-5,10-12H2,1-3H3. The number of nitrogens with zero attached hydrogens (tertiary/aromatic N) is 3. The molecule has 0 bridgehead atoms. The average molecular weight is 347 g/mol. The predicted molar refractivity (Wildman–Crippen MR) is 94.1 cm³/mol. The Bertz CT molecular complexity index is 714. The molecule has 5 nitrogen and oxygen atoms in total. The molecule has 2 unspecified atom stereocenters. The molecule has 1 N–H and O–H groups in total. The third kappa shape index (κ3) is 4.02. The number of aromatic nitrogens is 2. The molecule has 3 rings (SSSR count). The molecular formula is C19H26FN3O2. The lowest BCUT2D eigenvalue weighted by molar-refractivity contribution is 0.0636. The molecule has 6 heteroatoms. The second kappa shape index (κ2) is 7.54. The highest BCUT2D eigenvalue weighted by Gasteiger charge is 2.31. The van der Waals surface area contributed by atoms with Gasteiger partial charge in [0.1, 0.15) is 24.3 Å². The summed E-state index contributed by atoms with van der Waals surface area (Å²) in [5.74, 6) is 0.271. The van der Waals surface area contributed by atoms with Crippen LogP contribution in [0.1, 0.15) is 35.8 Å². The maximum absolute atomic E-state index is 12.9. The molecule has 2 heterocycles. The molecule has 1 saturated heterocycles. The number of aliphatic hydroxyl groups is 1. The van der Waals surface area contributed by atoms with E-state index in [-0.39, 0.29) is 12.4 Å². The van der Waals surface area contributed by atoms with Crippen LogP contribution in [0.3, 0.4) is 0 Å². The van der Waals surface area contributed by atoms with Crippen molar-refractivity contribution in [1.82, 2.24) is 14.7 Å². The first-order chi connectivity index (χ1) is 12.0. The topological polar surface area (TPSA) is 50.5 Å². The summed E-state index contributed by atoms with van der Waals surface area (Å²) in [5.41, 5.74) is 3.53. The van der Waals surface area contributed by atoms with Crippen molar-refractivity contribution in [3.05, 3.63) is 47.0 Å². The van der Waals surface area contributed by atoms with Crippen LogP contribution in [-0.2, 0) is 7.05 Å². The molecule has 2 atom stereocenters. The van der Waals surface area contributed by atoms with Gasteiger partial charge in [0, 0.05) is 30.9 Å². The maximum atomic E-state index is 12.9. The van der Waals surface area contributed by atoms with Crippen LogP contribution in [0.25, 0.3) is 0 Å². The second-order valence-corrected chi connectivity index (χ2v) is 6.78. The molecule has 136 valence electrons. The zero-order valence-corrected chi connectivity index (χ0v) is 15.1. The van der Waals surface area contributed by atoms with Gasteiger partial charge in [-0.15, -0.1) is 0 Å². The third-order valence-electron chi connectivity index (χ3n) is 4.96. The molecule has 0 saturated carbocycles. The van der Waals surface area contributed by atoms with Crippen molar-refractivity contribution in [3.8, 4) is 5.75 Å². The number of rotatable bonds is 6. The van der Waals surface area contributed by atoms with Crippen LogP contribution in [0.2, 0.25) is 0 Å². The van der Waals surface area contributed by atoms with Gasteiger partial charge in [0.15, 0.2) is 0 Å². The van der Waals surface area contributed by atoms with Gasteiger partial charge >= 0.3 is 0 Å². The molecule has 0 spiro atoms. The first-order valence-electron chi connectivity index (χ1n) is 8.76. The summed E-state index contributed by atoms with van der Waals surface area (Å²) < 4.78 is 20.4. The number of hydrogen-bond acceptors (Lipinski definition) is 4. The fraction of sp³-hybridized carbons (Fsp3) is 0.526. The SMILES string of the molecule is Cc1nn(C)c(C)c1C1CCCN1CC(O)COc1ccc(F)cc1. The molecule has 0 amide bonds. The van der Waals surface area contributed by atoms with Crippen LogP contribution in [0.5, 0.6) is 5.75 Å². The molecule has 1 aliphatic rings. The number of ether oxygens (including phenoxy) is 1. The van der Waals surface area contributed by atoms with Crippen molar-refractivity contribution in [2.75, 3.05) is 19.7 Å². The van der Waals surface area contributed by atoms with Gasteiger partial charge in [0.25, 0.3) is 0 Å².